The highest BCUT2D eigenvalue weighted by Crippen LogP contribution is 2.28. The van der Waals surface area contributed by atoms with Crippen molar-refractivity contribution in [2.24, 2.45) is 5.92 Å². The molecule has 46 heavy (non-hydrogen) atoms. The summed E-state index contributed by atoms with van der Waals surface area (Å²) >= 11 is 0. The predicted octanol–water partition coefficient (Wildman–Crippen LogP) is 6.20. The highest BCUT2D eigenvalue weighted by Gasteiger charge is 2.26. The van der Waals surface area contributed by atoms with Gasteiger partial charge in [-0.25, -0.2) is 14.0 Å². The van der Waals surface area contributed by atoms with Crippen LogP contribution in [0.15, 0.2) is 72.8 Å². The Labute approximate surface area is 267 Å². The molecule has 0 aromatic heterocycles. The third-order valence-electron chi connectivity index (χ3n) is 8.48. The smallest absolute Gasteiger partial charge is 0.411 e. The molecule has 5 rings (SSSR count). The molecule has 0 atom stereocenters. The molecule has 2 saturated heterocycles. The quantitative estimate of drug-likeness (QED) is 0.256. The largest absolute Gasteiger partial charge is 0.449 e. The number of nitrogens with zero attached hydrogens (tertiary/aromatic N) is 2. The van der Waals surface area contributed by atoms with Crippen molar-refractivity contribution in [3.63, 3.8) is 0 Å². The molecule has 0 radical (unpaired) electrons. The Morgan fingerprint density at radius 3 is 2.24 bits per heavy atom. The topological polar surface area (TPSA) is 117 Å². The maximum Gasteiger partial charge on any atom is 0.411 e. The number of amides is 3. The first-order chi connectivity index (χ1) is 22.4. The third-order valence-corrected chi connectivity index (χ3v) is 8.48. The van der Waals surface area contributed by atoms with Crippen molar-refractivity contribution in [2.75, 3.05) is 50.0 Å². The van der Waals surface area contributed by atoms with Crippen molar-refractivity contribution in [1.29, 1.82) is 0 Å². The van der Waals surface area contributed by atoms with E-state index in [2.05, 4.69) is 15.5 Å². The van der Waals surface area contributed by atoms with Crippen molar-refractivity contribution < 1.29 is 33.0 Å². The maximum atomic E-state index is 14.0. The summed E-state index contributed by atoms with van der Waals surface area (Å²) in [6.07, 6.45) is 2.37. The molecule has 242 valence electrons. The van der Waals surface area contributed by atoms with Gasteiger partial charge in [0.05, 0.1) is 18.0 Å². The Morgan fingerprint density at radius 2 is 1.52 bits per heavy atom. The van der Waals surface area contributed by atoms with Gasteiger partial charge < -0.3 is 19.3 Å². The van der Waals surface area contributed by atoms with E-state index in [1.807, 2.05) is 59.5 Å². The first-order valence-electron chi connectivity index (χ1n) is 15.7. The van der Waals surface area contributed by atoms with E-state index in [4.69, 9.17) is 9.47 Å². The van der Waals surface area contributed by atoms with Gasteiger partial charge in [0.25, 0.3) is 0 Å². The number of nitrogens with one attached hydrogen (secondary N) is 2. The van der Waals surface area contributed by atoms with Gasteiger partial charge in [0, 0.05) is 50.3 Å². The molecule has 0 aliphatic carbocycles. The number of likely N-dealkylation sites (tertiary alicyclic amines) is 2. The number of hydrogen-bond donors (Lipinski definition) is 2. The second kappa shape index (κ2) is 16.0. The molecule has 2 aliphatic heterocycles. The summed E-state index contributed by atoms with van der Waals surface area (Å²) in [5.41, 5.74) is 2.76. The lowest BCUT2D eigenvalue weighted by molar-refractivity contribution is -0.133. The average Bonchev–Trinajstić information content (AvgIpc) is 3.08. The molecule has 2 aliphatic rings. The molecule has 2 N–H and O–H groups in total. The highest BCUT2D eigenvalue weighted by molar-refractivity contribution is 5.91. The summed E-state index contributed by atoms with van der Waals surface area (Å²) in [7, 11) is 0. The Hall–Kier alpha value is -4.77. The number of halogens is 1. The standard InChI is InChI=1S/C35H39FN4O6/c36-30-22-26(23-41)10-11-32(30)38-34(43)45-24-25-12-20-40(21-13-25)33(42)16-19-39-17-14-28(15-18-39)46-35(44)37-31-9-5-4-8-29(31)27-6-2-1-3-7-27/h1-11,22-23,25,28H,12-21,24H2,(H,37,44)(H,38,43). The van der Waals surface area contributed by atoms with E-state index in [-0.39, 0.29) is 35.8 Å². The van der Waals surface area contributed by atoms with Gasteiger partial charge >= 0.3 is 12.2 Å². The molecule has 0 unspecified atom stereocenters. The Balaban J connectivity index is 0.957. The van der Waals surface area contributed by atoms with E-state index in [1.165, 1.54) is 12.1 Å². The van der Waals surface area contributed by atoms with Crippen LogP contribution >= 0.6 is 0 Å². The number of para-hydroxylation sites is 1. The van der Waals surface area contributed by atoms with Crippen LogP contribution < -0.4 is 10.6 Å². The van der Waals surface area contributed by atoms with E-state index in [0.717, 1.165) is 30.3 Å². The number of carbonyl (C=O) groups excluding carboxylic acids is 4. The summed E-state index contributed by atoms with van der Waals surface area (Å²) in [6, 6.07) is 21.3. The van der Waals surface area contributed by atoms with Crippen LogP contribution in [-0.2, 0) is 14.3 Å². The van der Waals surface area contributed by atoms with Crippen LogP contribution in [0.4, 0.5) is 25.4 Å². The predicted molar refractivity (Wildman–Crippen MR) is 172 cm³/mol. The zero-order valence-corrected chi connectivity index (χ0v) is 25.7. The molecule has 3 aromatic rings. The molecule has 0 saturated carbocycles. The number of piperidine rings is 2. The monoisotopic (exact) mass is 630 g/mol. The zero-order valence-electron chi connectivity index (χ0n) is 25.7. The molecular weight excluding hydrogens is 591 g/mol. The van der Waals surface area contributed by atoms with Crippen molar-refractivity contribution in [2.45, 2.75) is 38.2 Å². The van der Waals surface area contributed by atoms with Crippen LogP contribution in [0.5, 0.6) is 0 Å². The van der Waals surface area contributed by atoms with Crippen molar-refractivity contribution >= 4 is 35.8 Å². The van der Waals surface area contributed by atoms with Crippen LogP contribution in [-0.4, -0.2) is 79.6 Å². The van der Waals surface area contributed by atoms with Crippen LogP contribution in [0, 0.1) is 11.7 Å². The lowest BCUT2D eigenvalue weighted by atomic mass is 9.97. The van der Waals surface area contributed by atoms with Gasteiger partial charge in [0.1, 0.15) is 18.2 Å². The van der Waals surface area contributed by atoms with Gasteiger partial charge in [0.15, 0.2) is 0 Å². The minimum atomic E-state index is -0.764. The van der Waals surface area contributed by atoms with Gasteiger partial charge in [-0.05, 0) is 61.4 Å². The molecule has 2 fully saturated rings. The lowest BCUT2D eigenvalue weighted by Crippen LogP contribution is -2.43. The molecule has 3 amide bonds. The van der Waals surface area contributed by atoms with Gasteiger partial charge in [-0.1, -0.05) is 48.5 Å². The number of hydrogen-bond acceptors (Lipinski definition) is 7. The van der Waals surface area contributed by atoms with Crippen LogP contribution in [0.2, 0.25) is 0 Å². The van der Waals surface area contributed by atoms with Crippen molar-refractivity contribution in [1.82, 2.24) is 9.80 Å². The first kappa shape index (κ1) is 32.6. The SMILES string of the molecule is O=Cc1ccc(NC(=O)OCC2CCN(C(=O)CCN3CCC(OC(=O)Nc4ccccc4-c4ccccc4)CC3)CC2)c(F)c1. The number of carbonyl (C=O) groups is 4. The molecule has 0 spiro atoms. The maximum absolute atomic E-state index is 14.0. The van der Waals surface area contributed by atoms with E-state index >= 15 is 0 Å². The summed E-state index contributed by atoms with van der Waals surface area (Å²) < 4.78 is 25.0. The fourth-order valence-corrected chi connectivity index (χ4v) is 5.81. The van der Waals surface area contributed by atoms with E-state index in [1.54, 1.807) is 0 Å². The number of rotatable bonds is 10. The number of anilines is 2. The number of ether oxygens (including phenoxy) is 2. The van der Waals surface area contributed by atoms with Gasteiger partial charge in [-0.3, -0.25) is 20.2 Å². The molecule has 10 nitrogen and oxygen atoms in total. The Bertz CT molecular complexity index is 1500. The second-order valence-electron chi connectivity index (χ2n) is 11.6. The summed E-state index contributed by atoms with van der Waals surface area (Å²) in [4.78, 5) is 52.5. The summed E-state index contributed by atoms with van der Waals surface area (Å²) in [6.45, 7) is 3.51. The average molecular weight is 631 g/mol. The van der Waals surface area contributed by atoms with Crippen LogP contribution in [0.25, 0.3) is 11.1 Å². The number of aldehydes is 1. The lowest BCUT2D eigenvalue weighted by Gasteiger charge is -2.34. The summed E-state index contributed by atoms with van der Waals surface area (Å²) in [5, 5.41) is 5.26. The van der Waals surface area contributed by atoms with E-state index < -0.39 is 18.0 Å². The Morgan fingerprint density at radius 1 is 0.826 bits per heavy atom. The molecule has 11 heteroatoms. The third kappa shape index (κ3) is 9.13. The molecule has 2 heterocycles. The fourth-order valence-electron chi connectivity index (χ4n) is 5.81. The second-order valence-corrected chi connectivity index (χ2v) is 11.6. The first-order valence-corrected chi connectivity index (χ1v) is 15.7. The highest BCUT2D eigenvalue weighted by atomic mass is 19.1. The fraction of sp³-hybridized carbons (Fsp3) is 0.371. The van der Waals surface area contributed by atoms with Crippen molar-refractivity contribution in [3.05, 3.63) is 84.2 Å². The van der Waals surface area contributed by atoms with Gasteiger partial charge in [-0.2, -0.15) is 0 Å². The minimum absolute atomic E-state index is 0.0565. The normalized spacial score (nSPS) is 16.0. The van der Waals surface area contributed by atoms with E-state index in [0.29, 0.717) is 63.7 Å². The van der Waals surface area contributed by atoms with Gasteiger partial charge in [-0.15, -0.1) is 0 Å². The number of benzene rings is 3. The van der Waals surface area contributed by atoms with Crippen molar-refractivity contribution in [3.8, 4) is 11.1 Å². The van der Waals surface area contributed by atoms with Crippen LogP contribution in [0.1, 0.15) is 42.5 Å². The Kier molecular flexibility index (Phi) is 11.3. The summed E-state index contributed by atoms with van der Waals surface area (Å²) in [5.74, 6) is -0.503. The van der Waals surface area contributed by atoms with Crippen LogP contribution in [0.3, 0.4) is 0 Å². The molecule has 3 aromatic carbocycles. The molecular formula is C35H39FN4O6. The minimum Gasteiger partial charge on any atom is -0.449 e. The van der Waals surface area contributed by atoms with E-state index in [9.17, 15) is 23.6 Å². The van der Waals surface area contributed by atoms with Gasteiger partial charge in [0.2, 0.25) is 5.91 Å². The molecule has 0 bridgehead atoms. The zero-order chi connectivity index (χ0) is 32.3.